The molecule has 0 N–H and O–H groups in total. The van der Waals surface area contributed by atoms with E-state index in [0.29, 0.717) is 6.07 Å². The molecule has 0 radical (unpaired) electrons. The van der Waals surface area contributed by atoms with Crippen LogP contribution in [-0.2, 0) is 0 Å². The van der Waals surface area contributed by atoms with Crippen LogP contribution in [0.15, 0.2) is 10.5 Å². The highest BCUT2D eigenvalue weighted by molar-refractivity contribution is 9.10. The average Bonchev–Trinajstić information content (AvgIpc) is 2.28. The minimum Gasteiger partial charge on any atom is -0.204 e. The Hall–Kier alpha value is -1.24. The van der Waals surface area contributed by atoms with Gasteiger partial charge in [-0.25, -0.2) is 26.3 Å². The molecular formula is C10HBrF6. The first kappa shape index (κ1) is 12.2. The lowest BCUT2D eigenvalue weighted by atomic mass is 10.1. The second kappa shape index (κ2) is 3.90. The van der Waals surface area contributed by atoms with Crippen molar-refractivity contribution in [3.05, 3.63) is 45.4 Å². The van der Waals surface area contributed by atoms with Gasteiger partial charge in [0, 0.05) is 9.86 Å². The molecule has 0 aliphatic rings. The van der Waals surface area contributed by atoms with Crippen LogP contribution in [0.25, 0.3) is 10.8 Å². The van der Waals surface area contributed by atoms with Gasteiger partial charge in [0.05, 0.1) is 5.39 Å². The zero-order valence-electron chi connectivity index (χ0n) is 7.72. The van der Waals surface area contributed by atoms with Crippen LogP contribution in [0, 0.1) is 34.9 Å². The highest BCUT2D eigenvalue weighted by Gasteiger charge is 2.26. The molecule has 0 unspecified atom stereocenters. The Labute approximate surface area is 99.0 Å². The minimum absolute atomic E-state index is 0.415. The molecule has 17 heavy (non-hydrogen) atoms. The molecule has 0 heterocycles. The molecule has 2 aromatic carbocycles. The van der Waals surface area contributed by atoms with Gasteiger partial charge in [0.2, 0.25) is 0 Å². The first-order chi connectivity index (χ1) is 7.86. The third-order valence-corrected chi connectivity index (χ3v) is 2.81. The Bertz CT molecular complexity index is 637. The number of hydrogen-bond donors (Lipinski definition) is 0. The first-order valence-electron chi connectivity index (χ1n) is 4.15. The van der Waals surface area contributed by atoms with Gasteiger partial charge in [0.25, 0.3) is 0 Å². The van der Waals surface area contributed by atoms with E-state index >= 15 is 0 Å². The van der Waals surface area contributed by atoms with E-state index in [1.807, 2.05) is 0 Å². The fourth-order valence-corrected chi connectivity index (χ4v) is 2.00. The van der Waals surface area contributed by atoms with Gasteiger partial charge in [-0.3, -0.25) is 0 Å². The molecule has 2 rings (SSSR count). The summed E-state index contributed by atoms with van der Waals surface area (Å²) in [6, 6.07) is 0.498. The van der Waals surface area contributed by atoms with E-state index in [4.69, 9.17) is 0 Å². The van der Waals surface area contributed by atoms with Crippen molar-refractivity contribution in [2.24, 2.45) is 0 Å². The summed E-state index contributed by atoms with van der Waals surface area (Å²) in [4.78, 5) is 0. The minimum atomic E-state index is -2.19. The predicted molar refractivity (Wildman–Crippen MR) is 51.4 cm³/mol. The molecule has 0 saturated carbocycles. The van der Waals surface area contributed by atoms with Gasteiger partial charge in [0.15, 0.2) is 34.9 Å². The van der Waals surface area contributed by atoms with Gasteiger partial charge < -0.3 is 0 Å². The molecular weight excluding hydrogens is 314 g/mol. The van der Waals surface area contributed by atoms with Gasteiger partial charge in [-0.2, -0.15) is 0 Å². The summed E-state index contributed by atoms with van der Waals surface area (Å²) in [5.74, 6) is -11.3. The lowest BCUT2D eigenvalue weighted by Gasteiger charge is -2.08. The SMILES string of the molecule is Fc1cc(Br)c2c(F)c(F)c(F)c(F)c2c1F. The van der Waals surface area contributed by atoms with Crippen LogP contribution in [0.2, 0.25) is 0 Å². The molecule has 2 aromatic rings. The largest absolute Gasteiger partial charge is 0.204 e. The molecule has 0 amide bonds. The summed E-state index contributed by atoms with van der Waals surface area (Å²) in [5, 5.41) is -2.16. The molecule has 0 spiro atoms. The maximum Gasteiger partial charge on any atom is 0.198 e. The fourth-order valence-electron chi connectivity index (χ4n) is 1.43. The third-order valence-electron chi connectivity index (χ3n) is 2.19. The van der Waals surface area contributed by atoms with Crippen molar-refractivity contribution in [1.29, 1.82) is 0 Å². The maximum absolute atomic E-state index is 13.3. The van der Waals surface area contributed by atoms with E-state index in [-0.39, 0.29) is 0 Å². The second-order valence-corrected chi connectivity index (χ2v) is 4.01. The summed E-state index contributed by atoms with van der Waals surface area (Å²) < 4.78 is 78.1. The van der Waals surface area contributed by atoms with Crippen molar-refractivity contribution in [1.82, 2.24) is 0 Å². The van der Waals surface area contributed by atoms with Crippen molar-refractivity contribution >= 4 is 26.7 Å². The number of halogens is 7. The van der Waals surface area contributed by atoms with E-state index in [0.717, 1.165) is 0 Å². The third kappa shape index (κ3) is 1.60. The Morgan fingerprint density at radius 2 is 1.12 bits per heavy atom. The van der Waals surface area contributed by atoms with Gasteiger partial charge in [-0.1, -0.05) is 0 Å². The first-order valence-corrected chi connectivity index (χ1v) is 4.94. The summed E-state index contributed by atoms with van der Waals surface area (Å²) >= 11 is 2.62. The number of hydrogen-bond acceptors (Lipinski definition) is 0. The normalized spacial score (nSPS) is 11.2. The number of benzene rings is 2. The zero-order valence-corrected chi connectivity index (χ0v) is 9.31. The van der Waals surface area contributed by atoms with E-state index in [9.17, 15) is 26.3 Å². The fraction of sp³-hybridized carbons (Fsp3) is 0. The maximum atomic E-state index is 13.3. The van der Waals surface area contributed by atoms with E-state index in [1.54, 1.807) is 0 Å². The highest BCUT2D eigenvalue weighted by atomic mass is 79.9. The van der Waals surface area contributed by atoms with E-state index in [1.165, 1.54) is 0 Å². The molecule has 7 heteroatoms. The summed E-state index contributed by atoms with van der Waals surface area (Å²) in [5.41, 5.74) is 0. The Balaban J connectivity index is 3.17. The molecule has 0 bridgehead atoms. The van der Waals surface area contributed by atoms with E-state index in [2.05, 4.69) is 15.9 Å². The lowest BCUT2D eigenvalue weighted by Crippen LogP contribution is -2.02. The van der Waals surface area contributed by atoms with Crippen LogP contribution < -0.4 is 0 Å². The van der Waals surface area contributed by atoms with E-state index < -0.39 is 50.1 Å². The molecule has 0 nitrogen and oxygen atoms in total. The Kier molecular flexibility index (Phi) is 2.81. The van der Waals surface area contributed by atoms with Gasteiger partial charge >= 0.3 is 0 Å². The van der Waals surface area contributed by atoms with Crippen LogP contribution in [0.4, 0.5) is 26.3 Å². The summed E-state index contributed by atoms with van der Waals surface area (Å²) in [6.07, 6.45) is 0. The topological polar surface area (TPSA) is 0 Å². The van der Waals surface area contributed by atoms with Crippen molar-refractivity contribution in [2.75, 3.05) is 0 Å². The van der Waals surface area contributed by atoms with Crippen molar-refractivity contribution in [2.45, 2.75) is 0 Å². The van der Waals surface area contributed by atoms with Gasteiger partial charge in [-0.15, -0.1) is 0 Å². The predicted octanol–water partition coefficient (Wildman–Crippen LogP) is 4.44. The van der Waals surface area contributed by atoms with Crippen molar-refractivity contribution in [3.8, 4) is 0 Å². The van der Waals surface area contributed by atoms with Crippen LogP contribution in [0.3, 0.4) is 0 Å². The molecule has 0 saturated heterocycles. The molecule has 0 atom stereocenters. The molecule has 90 valence electrons. The van der Waals surface area contributed by atoms with Gasteiger partial charge in [0.1, 0.15) is 0 Å². The smallest absolute Gasteiger partial charge is 0.198 e. The number of fused-ring (bicyclic) bond motifs is 1. The quantitative estimate of drug-likeness (QED) is 0.383. The zero-order chi connectivity index (χ0) is 12.9. The highest BCUT2D eigenvalue weighted by Crippen LogP contribution is 2.34. The standard InChI is InChI=1S/C10HBrF6/c11-2-1-3(12)6(13)5-4(2)7(14)9(16)10(17)8(5)15/h1H. The Morgan fingerprint density at radius 1 is 0.647 bits per heavy atom. The van der Waals surface area contributed by atoms with Crippen LogP contribution in [-0.4, -0.2) is 0 Å². The summed E-state index contributed by atoms with van der Waals surface area (Å²) in [7, 11) is 0. The second-order valence-electron chi connectivity index (χ2n) is 3.16. The van der Waals surface area contributed by atoms with Crippen LogP contribution in [0.1, 0.15) is 0 Å². The van der Waals surface area contributed by atoms with Gasteiger partial charge in [-0.05, 0) is 22.0 Å². The van der Waals surface area contributed by atoms with Crippen LogP contribution in [0.5, 0.6) is 0 Å². The molecule has 0 aliphatic carbocycles. The average molecular weight is 315 g/mol. The molecule has 0 aliphatic heterocycles. The lowest BCUT2D eigenvalue weighted by molar-refractivity contribution is 0.414. The van der Waals surface area contributed by atoms with Crippen molar-refractivity contribution in [3.63, 3.8) is 0 Å². The number of rotatable bonds is 0. The monoisotopic (exact) mass is 314 g/mol. The summed E-state index contributed by atoms with van der Waals surface area (Å²) in [6.45, 7) is 0. The molecule has 0 aromatic heterocycles. The van der Waals surface area contributed by atoms with Crippen LogP contribution >= 0.6 is 15.9 Å². The molecule has 0 fully saturated rings. The van der Waals surface area contributed by atoms with Crippen molar-refractivity contribution < 1.29 is 26.3 Å². The Morgan fingerprint density at radius 3 is 1.65 bits per heavy atom.